The van der Waals surface area contributed by atoms with Crippen LogP contribution in [0.25, 0.3) is 0 Å². The van der Waals surface area contributed by atoms with Crippen molar-refractivity contribution in [3.05, 3.63) is 29.6 Å². The van der Waals surface area contributed by atoms with Crippen LogP contribution in [0.15, 0.2) is 18.2 Å². The molecule has 1 aliphatic rings. The van der Waals surface area contributed by atoms with Gasteiger partial charge in [-0.1, -0.05) is 19.8 Å². The normalized spacial score (nSPS) is 17.2. The number of halogens is 1. The van der Waals surface area contributed by atoms with E-state index in [0.29, 0.717) is 0 Å². The molecule has 102 valence electrons. The lowest BCUT2D eigenvalue weighted by Crippen LogP contribution is -2.31. The third kappa shape index (κ3) is 2.75. The van der Waals surface area contributed by atoms with Crippen LogP contribution >= 0.6 is 0 Å². The van der Waals surface area contributed by atoms with Crippen molar-refractivity contribution in [1.29, 1.82) is 0 Å². The van der Waals surface area contributed by atoms with Gasteiger partial charge in [-0.3, -0.25) is 4.79 Å². The average Bonchev–Trinajstić information content (AvgIpc) is 2.80. The van der Waals surface area contributed by atoms with Crippen molar-refractivity contribution in [2.45, 2.75) is 32.6 Å². The molecule has 0 unspecified atom stereocenters. The quantitative estimate of drug-likeness (QED) is 0.882. The van der Waals surface area contributed by atoms with Crippen LogP contribution in [-0.4, -0.2) is 17.0 Å². The molecule has 2 rings (SSSR count). The smallest absolute Gasteiger partial charge is 0.335 e. The predicted molar refractivity (Wildman–Crippen MR) is 68.6 cm³/mol. The summed E-state index contributed by atoms with van der Waals surface area (Å²) in [7, 11) is 0. The number of carbonyl (C=O) groups is 2. The Kier molecular flexibility index (Phi) is 3.55. The first-order chi connectivity index (χ1) is 8.92. The van der Waals surface area contributed by atoms with Gasteiger partial charge in [0, 0.05) is 5.41 Å². The van der Waals surface area contributed by atoms with Crippen molar-refractivity contribution < 1.29 is 19.1 Å². The highest BCUT2D eigenvalue weighted by molar-refractivity contribution is 5.96. The van der Waals surface area contributed by atoms with E-state index in [4.69, 9.17) is 5.11 Å². The van der Waals surface area contributed by atoms with E-state index in [0.717, 1.165) is 31.7 Å². The molecule has 1 saturated carbocycles. The van der Waals surface area contributed by atoms with E-state index in [1.54, 1.807) is 0 Å². The van der Waals surface area contributed by atoms with Crippen LogP contribution in [0, 0.1) is 11.2 Å². The molecule has 1 aromatic carbocycles. The standard InChI is InChI=1S/C14H16FNO3/c1-14(6-2-3-7-14)13(19)16-11-5-4-9(12(17)18)8-10(11)15/h4-5,8H,2-3,6-7H2,1H3,(H,16,19)(H,17,18). The molecule has 0 bridgehead atoms. The molecular formula is C14H16FNO3. The summed E-state index contributed by atoms with van der Waals surface area (Å²) in [5, 5.41) is 11.3. The van der Waals surface area contributed by atoms with Gasteiger partial charge < -0.3 is 10.4 Å². The van der Waals surface area contributed by atoms with Gasteiger partial charge in [-0.2, -0.15) is 0 Å². The summed E-state index contributed by atoms with van der Waals surface area (Å²) in [6, 6.07) is 3.47. The molecule has 5 heteroatoms. The summed E-state index contributed by atoms with van der Waals surface area (Å²) in [6.07, 6.45) is 3.61. The first-order valence-electron chi connectivity index (χ1n) is 6.27. The second kappa shape index (κ2) is 4.99. The molecule has 1 aliphatic carbocycles. The second-order valence-electron chi connectivity index (χ2n) is 5.22. The minimum atomic E-state index is -1.19. The summed E-state index contributed by atoms with van der Waals surface area (Å²) < 4.78 is 13.7. The molecule has 19 heavy (non-hydrogen) atoms. The number of carboxylic acid groups (broad SMARTS) is 1. The predicted octanol–water partition coefficient (Wildman–Crippen LogP) is 3.04. The Bertz CT molecular complexity index is 521. The van der Waals surface area contributed by atoms with Gasteiger partial charge in [0.1, 0.15) is 5.82 Å². The zero-order chi connectivity index (χ0) is 14.0. The molecular weight excluding hydrogens is 249 g/mol. The first kappa shape index (κ1) is 13.5. The topological polar surface area (TPSA) is 66.4 Å². The highest BCUT2D eigenvalue weighted by atomic mass is 19.1. The van der Waals surface area contributed by atoms with Gasteiger partial charge in [0.25, 0.3) is 0 Å². The van der Waals surface area contributed by atoms with Crippen molar-refractivity contribution in [2.75, 3.05) is 5.32 Å². The van der Waals surface area contributed by atoms with E-state index < -0.39 is 17.2 Å². The summed E-state index contributed by atoms with van der Waals surface area (Å²) in [4.78, 5) is 22.8. The third-order valence-corrected chi connectivity index (χ3v) is 3.72. The van der Waals surface area contributed by atoms with Gasteiger partial charge in [0.05, 0.1) is 11.3 Å². The van der Waals surface area contributed by atoms with Crippen LogP contribution < -0.4 is 5.32 Å². The van der Waals surface area contributed by atoms with Crippen LogP contribution in [0.5, 0.6) is 0 Å². The lowest BCUT2D eigenvalue weighted by Gasteiger charge is -2.22. The second-order valence-corrected chi connectivity index (χ2v) is 5.22. The Balaban J connectivity index is 2.15. The van der Waals surface area contributed by atoms with E-state index in [9.17, 15) is 14.0 Å². The SMILES string of the molecule is CC1(C(=O)Nc2ccc(C(=O)O)cc2F)CCCC1. The fourth-order valence-corrected chi connectivity index (χ4v) is 2.41. The molecule has 1 amide bonds. The van der Waals surface area contributed by atoms with Gasteiger partial charge in [-0.25, -0.2) is 9.18 Å². The molecule has 1 fully saturated rings. The van der Waals surface area contributed by atoms with E-state index in [2.05, 4.69) is 5.32 Å². The molecule has 1 aromatic rings. The number of carboxylic acids is 1. The molecule has 4 nitrogen and oxygen atoms in total. The number of carbonyl (C=O) groups excluding carboxylic acids is 1. The minimum absolute atomic E-state index is 0.0307. The molecule has 0 heterocycles. The summed E-state index contributed by atoms with van der Waals surface area (Å²) in [5.41, 5.74) is -0.552. The van der Waals surface area contributed by atoms with E-state index in [-0.39, 0.29) is 17.2 Å². The number of amides is 1. The summed E-state index contributed by atoms with van der Waals surface area (Å²) in [5.74, 6) is -2.12. The maximum absolute atomic E-state index is 13.7. The monoisotopic (exact) mass is 265 g/mol. The van der Waals surface area contributed by atoms with Crippen LogP contribution in [0.4, 0.5) is 10.1 Å². The van der Waals surface area contributed by atoms with E-state index in [1.807, 2.05) is 6.92 Å². The maximum Gasteiger partial charge on any atom is 0.335 e. The molecule has 0 atom stereocenters. The number of hydrogen-bond acceptors (Lipinski definition) is 2. The Morgan fingerprint density at radius 3 is 2.47 bits per heavy atom. The molecule has 0 aromatic heterocycles. The lowest BCUT2D eigenvalue weighted by molar-refractivity contribution is -0.124. The fraction of sp³-hybridized carbons (Fsp3) is 0.429. The highest BCUT2D eigenvalue weighted by Gasteiger charge is 2.36. The van der Waals surface area contributed by atoms with Gasteiger partial charge in [0.2, 0.25) is 5.91 Å². The lowest BCUT2D eigenvalue weighted by atomic mass is 9.88. The minimum Gasteiger partial charge on any atom is -0.478 e. The number of anilines is 1. The molecule has 0 aliphatic heterocycles. The van der Waals surface area contributed by atoms with Crippen molar-refractivity contribution in [3.8, 4) is 0 Å². The number of nitrogens with one attached hydrogen (secondary N) is 1. The van der Waals surface area contributed by atoms with Crippen LogP contribution in [0.1, 0.15) is 43.0 Å². The third-order valence-electron chi connectivity index (χ3n) is 3.72. The molecule has 0 saturated heterocycles. The van der Waals surface area contributed by atoms with Crippen molar-refractivity contribution in [3.63, 3.8) is 0 Å². The van der Waals surface area contributed by atoms with Crippen LogP contribution in [-0.2, 0) is 4.79 Å². The first-order valence-corrected chi connectivity index (χ1v) is 6.27. The average molecular weight is 265 g/mol. The summed E-state index contributed by atoms with van der Waals surface area (Å²) >= 11 is 0. The van der Waals surface area contributed by atoms with Crippen molar-refractivity contribution >= 4 is 17.6 Å². The van der Waals surface area contributed by atoms with Crippen LogP contribution in [0.2, 0.25) is 0 Å². The molecule has 2 N–H and O–H groups in total. The Labute approximate surface area is 110 Å². The van der Waals surface area contributed by atoms with Gasteiger partial charge >= 0.3 is 5.97 Å². The van der Waals surface area contributed by atoms with Gasteiger partial charge in [-0.05, 0) is 31.0 Å². The fourth-order valence-electron chi connectivity index (χ4n) is 2.41. The largest absolute Gasteiger partial charge is 0.478 e. The molecule has 0 spiro atoms. The zero-order valence-corrected chi connectivity index (χ0v) is 10.7. The number of hydrogen-bond donors (Lipinski definition) is 2. The summed E-state index contributed by atoms with van der Waals surface area (Å²) in [6.45, 7) is 1.87. The highest BCUT2D eigenvalue weighted by Crippen LogP contribution is 2.38. The van der Waals surface area contributed by atoms with Crippen molar-refractivity contribution in [1.82, 2.24) is 0 Å². The Hall–Kier alpha value is -1.91. The van der Waals surface area contributed by atoms with Gasteiger partial charge in [-0.15, -0.1) is 0 Å². The number of rotatable bonds is 3. The van der Waals surface area contributed by atoms with E-state index in [1.165, 1.54) is 12.1 Å². The Morgan fingerprint density at radius 2 is 1.95 bits per heavy atom. The van der Waals surface area contributed by atoms with Gasteiger partial charge in [0.15, 0.2) is 0 Å². The van der Waals surface area contributed by atoms with E-state index >= 15 is 0 Å². The van der Waals surface area contributed by atoms with Crippen LogP contribution in [0.3, 0.4) is 0 Å². The maximum atomic E-state index is 13.7. The molecule has 0 radical (unpaired) electrons. The number of benzene rings is 1. The van der Waals surface area contributed by atoms with Crippen molar-refractivity contribution in [2.24, 2.45) is 5.41 Å². The Morgan fingerprint density at radius 1 is 1.32 bits per heavy atom. The number of aromatic carboxylic acids is 1. The zero-order valence-electron chi connectivity index (χ0n) is 10.7.